The van der Waals surface area contributed by atoms with Crippen LogP contribution in [-0.2, 0) is 0 Å². The molecular weight excluding hydrogens is 304 g/mol. The lowest BCUT2D eigenvalue weighted by molar-refractivity contribution is 0.174. The minimum Gasteiger partial charge on any atom is -0.454 e. The zero-order valence-electron chi connectivity index (χ0n) is 13.1. The number of anilines is 4. The largest absolute Gasteiger partial charge is 0.454 e. The van der Waals surface area contributed by atoms with Gasteiger partial charge in [-0.25, -0.2) is 9.97 Å². The van der Waals surface area contributed by atoms with Gasteiger partial charge in [0.25, 0.3) is 0 Å². The zero-order chi connectivity index (χ0) is 16.4. The number of nitrogens with zero attached hydrogens (tertiary/aromatic N) is 2. The smallest absolute Gasteiger partial charge is 0.231 e. The Hall–Kier alpha value is -3.28. The molecule has 1 aliphatic heterocycles. The molecule has 0 saturated heterocycles. The molecule has 0 atom stereocenters. The van der Waals surface area contributed by atoms with Crippen LogP contribution in [0.3, 0.4) is 0 Å². The van der Waals surface area contributed by atoms with Gasteiger partial charge in [-0.1, -0.05) is 17.7 Å². The van der Waals surface area contributed by atoms with Crippen molar-refractivity contribution in [2.45, 2.75) is 6.92 Å². The summed E-state index contributed by atoms with van der Waals surface area (Å²) in [7, 11) is 0. The number of benzene rings is 2. The fourth-order valence-corrected chi connectivity index (χ4v) is 2.40. The highest BCUT2D eigenvalue weighted by molar-refractivity contribution is 5.65. The van der Waals surface area contributed by atoms with E-state index in [0.29, 0.717) is 5.82 Å². The van der Waals surface area contributed by atoms with Crippen molar-refractivity contribution in [2.24, 2.45) is 0 Å². The van der Waals surface area contributed by atoms with Crippen LogP contribution < -0.4 is 20.1 Å². The van der Waals surface area contributed by atoms with E-state index >= 15 is 0 Å². The van der Waals surface area contributed by atoms with Gasteiger partial charge in [-0.2, -0.15) is 0 Å². The summed E-state index contributed by atoms with van der Waals surface area (Å²) in [6.45, 7) is 2.32. The minimum atomic E-state index is 0.261. The second-order valence-electron chi connectivity index (χ2n) is 5.47. The maximum absolute atomic E-state index is 5.38. The number of aromatic nitrogens is 2. The highest BCUT2D eigenvalue weighted by atomic mass is 16.7. The Morgan fingerprint density at radius 1 is 0.792 bits per heavy atom. The summed E-state index contributed by atoms with van der Waals surface area (Å²) in [6, 6.07) is 15.7. The lowest BCUT2D eigenvalue weighted by atomic mass is 10.2. The molecule has 2 heterocycles. The van der Waals surface area contributed by atoms with Gasteiger partial charge >= 0.3 is 0 Å². The lowest BCUT2D eigenvalue weighted by Crippen LogP contribution is -1.98. The van der Waals surface area contributed by atoms with Crippen LogP contribution in [-0.4, -0.2) is 16.8 Å². The fraction of sp³-hybridized carbons (Fsp3) is 0.111. The standard InChI is InChI=1S/C18H16N4O2/c1-12-2-4-13(5-3-12)21-17-9-18(20-10-19-17)22-14-6-7-15-16(8-14)24-11-23-15/h2-10H,11H2,1H3,(H2,19,20,21,22). The first-order valence-corrected chi connectivity index (χ1v) is 7.59. The summed E-state index contributed by atoms with van der Waals surface area (Å²) in [5, 5.41) is 6.51. The van der Waals surface area contributed by atoms with Crippen LogP contribution in [0.5, 0.6) is 11.5 Å². The number of nitrogens with one attached hydrogen (secondary N) is 2. The molecule has 0 aliphatic carbocycles. The molecule has 0 unspecified atom stereocenters. The highest BCUT2D eigenvalue weighted by Gasteiger charge is 2.13. The average Bonchev–Trinajstić information content (AvgIpc) is 3.05. The van der Waals surface area contributed by atoms with Gasteiger partial charge in [-0.05, 0) is 31.2 Å². The van der Waals surface area contributed by atoms with Crippen LogP contribution in [0.1, 0.15) is 5.56 Å². The molecule has 4 rings (SSSR count). The maximum atomic E-state index is 5.38. The summed E-state index contributed by atoms with van der Waals surface area (Å²) in [5.41, 5.74) is 3.07. The monoisotopic (exact) mass is 320 g/mol. The van der Waals surface area contributed by atoms with Crippen LogP contribution in [0.25, 0.3) is 0 Å². The number of rotatable bonds is 4. The Morgan fingerprint density at radius 3 is 2.25 bits per heavy atom. The summed E-state index contributed by atoms with van der Waals surface area (Å²) < 4.78 is 10.7. The molecular formula is C18H16N4O2. The third-order valence-electron chi connectivity index (χ3n) is 3.64. The molecule has 6 nitrogen and oxygen atoms in total. The molecule has 0 saturated carbocycles. The van der Waals surface area contributed by atoms with Gasteiger partial charge < -0.3 is 20.1 Å². The molecule has 0 fully saturated rings. The van der Waals surface area contributed by atoms with Gasteiger partial charge in [-0.15, -0.1) is 0 Å². The Kier molecular flexibility index (Phi) is 3.63. The predicted molar refractivity (Wildman–Crippen MR) is 92.3 cm³/mol. The molecule has 3 aromatic rings. The molecule has 0 radical (unpaired) electrons. The van der Waals surface area contributed by atoms with Crippen molar-refractivity contribution in [1.29, 1.82) is 0 Å². The van der Waals surface area contributed by atoms with Crippen molar-refractivity contribution in [3.63, 3.8) is 0 Å². The van der Waals surface area contributed by atoms with E-state index in [1.165, 1.54) is 11.9 Å². The average molecular weight is 320 g/mol. The molecule has 0 bridgehead atoms. The van der Waals surface area contributed by atoms with Gasteiger partial charge in [0.05, 0.1) is 0 Å². The summed E-state index contributed by atoms with van der Waals surface area (Å²) >= 11 is 0. The number of fused-ring (bicyclic) bond motifs is 1. The third kappa shape index (κ3) is 3.08. The molecule has 2 N–H and O–H groups in total. The van der Waals surface area contributed by atoms with Gasteiger partial charge in [0, 0.05) is 23.5 Å². The van der Waals surface area contributed by atoms with Crippen molar-refractivity contribution in [2.75, 3.05) is 17.4 Å². The van der Waals surface area contributed by atoms with Gasteiger partial charge in [-0.3, -0.25) is 0 Å². The van der Waals surface area contributed by atoms with Gasteiger partial charge in [0.15, 0.2) is 11.5 Å². The Labute approximate surface area is 139 Å². The molecule has 6 heteroatoms. The maximum Gasteiger partial charge on any atom is 0.231 e. The number of hydrogen-bond acceptors (Lipinski definition) is 6. The predicted octanol–water partition coefficient (Wildman–Crippen LogP) is 4.00. The normalized spacial score (nSPS) is 12.0. The molecule has 2 aromatic carbocycles. The van der Waals surface area contributed by atoms with Gasteiger partial charge in [0.1, 0.15) is 18.0 Å². The highest BCUT2D eigenvalue weighted by Crippen LogP contribution is 2.35. The Bertz CT molecular complexity index is 865. The van der Waals surface area contributed by atoms with Crippen molar-refractivity contribution < 1.29 is 9.47 Å². The first-order chi connectivity index (χ1) is 11.8. The fourth-order valence-electron chi connectivity index (χ4n) is 2.40. The summed E-state index contributed by atoms with van der Waals surface area (Å²) in [6.07, 6.45) is 1.52. The summed E-state index contributed by atoms with van der Waals surface area (Å²) in [5.74, 6) is 2.90. The van der Waals surface area contributed by atoms with E-state index in [0.717, 1.165) is 28.7 Å². The van der Waals surface area contributed by atoms with Crippen LogP contribution in [0.15, 0.2) is 54.9 Å². The molecule has 120 valence electrons. The molecule has 1 aliphatic rings. The van der Waals surface area contributed by atoms with Crippen LogP contribution in [0, 0.1) is 6.92 Å². The van der Waals surface area contributed by atoms with E-state index in [-0.39, 0.29) is 6.79 Å². The van der Waals surface area contributed by atoms with Crippen molar-refractivity contribution in [3.05, 3.63) is 60.4 Å². The van der Waals surface area contributed by atoms with Crippen molar-refractivity contribution >= 4 is 23.0 Å². The molecule has 0 spiro atoms. The topological polar surface area (TPSA) is 68.3 Å². The molecule has 0 amide bonds. The Balaban J connectivity index is 1.51. The van der Waals surface area contributed by atoms with Crippen LogP contribution >= 0.6 is 0 Å². The number of hydrogen-bond donors (Lipinski definition) is 2. The SMILES string of the molecule is Cc1ccc(Nc2cc(Nc3ccc4c(c3)OCO4)ncn2)cc1. The molecule has 24 heavy (non-hydrogen) atoms. The van der Waals surface area contributed by atoms with E-state index in [2.05, 4.69) is 39.7 Å². The first kappa shape index (κ1) is 14.3. The van der Waals surface area contributed by atoms with E-state index < -0.39 is 0 Å². The first-order valence-electron chi connectivity index (χ1n) is 7.59. The van der Waals surface area contributed by atoms with Crippen LogP contribution in [0.2, 0.25) is 0 Å². The zero-order valence-corrected chi connectivity index (χ0v) is 13.1. The number of ether oxygens (including phenoxy) is 2. The Morgan fingerprint density at radius 2 is 1.46 bits per heavy atom. The van der Waals surface area contributed by atoms with E-state index in [1.807, 2.05) is 36.4 Å². The van der Waals surface area contributed by atoms with Crippen LogP contribution in [0.4, 0.5) is 23.0 Å². The molecule has 1 aromatic heterocycles. The van der Waals surface area contributed by atoms with E-state index in [1.54, 1.807) is 0 Å². The van der Waals surface area contributed by atoms with E-state index in [9.17, 15) is 0 Å². The second-order valence-corrected chi connectivity index (χ2v) is 5.47. The quantitative estimate of drug-likeness (QED) is 0.757. The van der Waals surface area contributed by atoms with Gasteiger partial charge in [0.2, 0.25) is 6.79 Å². The summed E-state index contributed by atoms with van der Waals surface area (Å²) in [4.78, 5) is 8.50. The third-order valence-corrected chi connectivity index (χ3v) is 3.64. The lowest BCUT2D eigenvalue weighted by Gasteiger charge is -2.09. The van der Waals surface area contributed by atoms with E-state index in [4.69, 9.17) is 9.47 Å². The second kappa shape index (κ2) is 6.08. The van der Waals surface area contributed by atoms with Crippen molar-refractivity contribution in [3.8, 4) is 11.5 Å². The number of aryl methyl sites for hydroxylation is 1. The minimum absolute atomic E-state index is 0.261. The van der Waals surface area contributed by atoms with Crippen molar-refractivity contribution in [1.82, 2.24) is 9.97 Å².